The van der Waals surface area contributed by atoms with Crippen LogP contribution in [0.4, 0.5) is 0 Å². The summed E-state index contributed by atoms with van der Waals surface area (Å²) in [6, 6.07) is 14.9. The number of carbonyl (C=O) groups is 1. The minimum atomic E-state index is -0.929. The lowest BCUT2D eigenvalue weighted by molar-refractivity contribution is 0.0697. The molecule has 3 heteroatoms. The van der Waals surface area contributed by atoms with Gasteiger partial charge < -0.3 is 9.84 Å². The zero-order chi connectivity index (χ0) is 18.6. The van der Waals surface area contributed by atoms with Gasteiger partial charge in [-0.25, -0.2) is 4.79 Å². The Morgan fingerprint density at radius 2 is 1.54 bits per heavy atom. The largest absolute Gasteiger partial charge is 0.494 e. The normalized spacial score (nSPS) is 10.7. The van der Waals surface area contributed by atoms with Crippen LogP contribution in [-0.2, 0) is 0 Å². The van der Waals surface area contributed by atoms with Crippen LogP contribution in [0.2, 0.25) is 0 Å². The maximum Gasteiger partial charge on any atom is 0.336 e. The molecular weight excluding hydrogens is 324 g/mol. The van der Waals surface area contributed by atoms with E-state index in [1.54, 1.807) is 6.07 Å². The lowest BCUT2D eigenvalue weighted by atomic mass is 9.99. The second kappa shape index (κ2) is 11.3. The monoisotopic (exact) mass is 354 g/mol. The molecule has 0 aliphatic carbocycles. The molecule has 0 saturated carbocycles. The standard InChI is InChI=1S/C23H30O3/c1-2-3-4-5-6-7-8-12-17-26-20-15-16-21(22(18-20)23(24)25)19-13-10-9-11-14-19/h9-11,13-16,18H,2-8,12,17H2,1H3,(H,24,25). The molecule has 0 aromatic heterocycles. The Balaban J connectivity index is 1.82. The third kappa shape index (κ3) is 6.55. The van der Waals surface area contributed by atoms with Gasteiger partial charge in [0.15, 0.2) is 0 Å². The van der Waals surface area contributed by atoms with E-state index in [4.69, 9.17) is 4.74 Å². The third-order valence-corrected chi connectivity index (χ3v) is 4.57. The van der Waals surface area contributed by atoms with Gasteiger partial charge in [-0.3, -0.25) is 0 Å². The Morgan fingerprint density at radius 1 is 0.885 bits per heavy atom. The van der Waals surface area contributed by atoms with Crippen molar-refractivity contribution in [1.82, 2.24) is 0 Å². The zero-order valence-electron chi connectivity index (χ0n) is 15.7. The van der Waals surface area contributed by atoms with Gasteiger partial charge in [0, 0.05) is 0 Å². The minimum absolute atomic E-state index is 0.282. The molecular formula is C23H30O3. The van der Waals surface area contributed by atoms with Crippen molar-refractivity contribution >= 4 is 5.97 Å². The Kier molecular flexibility index (Phi) is 8.74. The van der Waals surface area contributed by atoms with E-state index in [9.17, 15) is 9.90 Å². The maximum absolute atomic E-state index is 11.6. The summed E-state index contributed by atoms with van der Waals surface area (Å²) in [5.74, 6) is -0.300. The Morgan fingerprint density at radius 3 is 2.19 bits per heavy atom. The van der Waals surface area contributed by atoms with Crippen molar-refractivity contribution in [3.8, 4) is 16.9 Å². The van der Waals surface area contributed by atoms with Crippen molar-refractivity contribution in [3.63, 3.8) is 0 Å². The third-order valence-electron chi connectivity index (χ3n) is 4.57. The van der Waals surface area contributed by atoms with Crippen LogP contribution in [0.15, 0.2) is 48.5 Å². The smallest absolute Gasteiger partial charge is 0.336 e. The quantitative estimate of drug-likeness (QED) is 0.438. The number of benzene rings is 2. The number of hydrogen-bond acceptors (Lipinski definition) is 2. The molecule has 2 aromatic rings. The van der Waals surface area contributed by atoms with Gasteiger partial charge in [0.05, 0.1) is 12.2 Å². The molecule has 0 spiro atoms. The second-order valence-electron chi connectivity index (χ2n) is 6.70. The molecule has 0 aliphatic heterocycles. The zero-order valence-corrected chi connectivity index (χ0v) is 15.7. The summed E-state index contributed by atoms with van der Waals surface area (Å²) < 4.78 is 5.77. The summed E-state index contributed by atoms with van der Waals surface area (Å²) in [6.07, 6.45) is 10.0. The van der Waals surface area contributed by atoms with Crippen molar-refractivity contribution in [3.05, 3.63) is 54.1 Å². The number of hydrogen-bond donors (Lipinski definition) is 1. The van der Waals surface area contributed by atoms with Crippen molar-refractivity contribution < 1.29 is 14.6 Å². The molecule has 0 heterocycles. The van der Waals surface area contributed by atoms with Crippen LogP contribution in [0.3, 0.4) is 0 Å². The number of unbranched alkanes of at least 4 members (excludes halogenated alkanes) is 7. The Labute approximate surface area is 157 Å². The first-order valence-electron chi connectivity index (χ1n) is 9.78. The molecule has 0 bridgehead atoms. The van der Waals surface area contributed by atoms with E-state index in [0.717, 1.165) is 17.5 Å². The SMILES string of the molecule is CCCCCCCCCCOc1ccc(-c2ccccc2)c(C(=O)O)c1. The topological polar surface area (TPSA) is 46.5 Å². The van der Waals surface area contributed by atoms with Crippen LogP contribution in [0.5, 0.6) is 5.75 Å². The van der Waals surface area contributed by atoms with Crippen molar-refractivity contribution in [1.29, 1.82) is 0 Å². The Bertz CT molecular complexity index is 664. The summed E-state index contributed by atoms with van der Waals surface area (Å²) in [4.78, 5) is 11.6. The van der Waals surface area contributed by atoms with Gasteiger partial charge in [0.25, 0.3) is 0 Å². The summed E-state index contributed by atoms with van der Waals surface area (Å²) >= 11 is 0. The molecule has 1 N–H and O–H groups in total. The summed E-state index contributed by atoms with van der Waals surface area (Å²) in [6.45, 7) is 2.87. The van der Waals surface area contributed by atoms with Gasteiger partial charge in [0.2, 0.25) is 0 Å². The lowest BCUT2D eigenvalue weighted by Crippen LogP contribution is -2.02. The highest BCUT2D eigenvalue weighted by Gasteiger charge is 2.13. The Hall–Kier alpha value is -2.29. The molecule has 0 amide bonds. The first-order valence-corrected chi connectivity index (χ1v) is 9.78. The average molecular weight is 354 g/mol. The van der Waals surface area contributed by atoms with Crippen molar-refractivity contribution in [2.75, 3.05) is 6.61 Å². The van der Waals surface area contributed by atoms with Crippen molar-refractivity contribution in [2.45, 2.75) is 58.3 Å². The van der Waals surface area contributed by atoms with Gasteiger partial charge in [-0.2, -0.15) is 0 Å². The van der Waals surface area contributed by atoms with E-state index < -0.39 is 5.97 Å². The van der Waals surface area contributed by atoms with Crippen LogP contribution >= 0.6 is 0 Å². The van der Waals surface area contributed by atoms with Gasteiger partial charge in [0.1, 0.15) is 5.75 Å². The fraction of sp³-hybridized carbons (Fsp3) is 0.435. The van der Waals surface area contributed by atoms with E-state index in [-0.39, 0.29) is 5.56 Å². The first-order chi connectivity index (χ1) is 12.7. The number of rotatable bonds is 12. The van der Waals surface area contributed by atoms with Gasteiger partial charge in [-0.05, 0) is 35.7 Å². The number of carboxylic acid groups (broad SMARTS) is 1. The second-order valence-corrected chi connectivity index (χ2v) is 6.70. The predicted octanol–water partition coefficient (Wildman–Crippen LogP) is 6.57. The highest BCUT2D eigenvalue weighted by atomic mass is 16.5. The number of aromatic carboxylic acids is 1. The van der Waals surface area contributed by atoms with E-state index in [1.165, 1.54) is 44.9 Å². The van der Waals surface area contributed by atoms with Crippen LogP contribution < -0.4 is 4.74 Å². The molecule has 26 heavy (non-hydrogen) atoms. The molecule has 2 aromatic carbocycles. The molecule has 0 unspecified atom stereocenters. The van der Waals surface area contributed by atoms with Crippen molar-refractivity contribution in [2.24, 2.45) is 0 Å². The highest BCUT2D eigenvalue weighted by molar-refractivity contribution is 5.96. The minimum Gasteiger partial charge on any atom is -0.494 e. The summed E-state index contributed by atoms with van der Waals surface area (Å²) in [5.41, 5.74) is 1.90. The van der Waals surface area contributed by atoms with Crippen LogP contribution in [-0.4, -0.2) is 17.7 Å². The van der Waals surface area contributed by atoms with E-state index in [1.807, 2.05) is 42.5 Å². The fourth-order valence-electron chi connectivity index (χ4n) is 3.09. The van der Waals surface area contributed by atoms with Gasteiger partial charge in [-0.15, -0.1) is 0 Å². The summed E-state index contributed by atoms with van der Waals surface area (Å²) in [5, 5.41) is 9.53. The van der Waals surface area contributed by atoms with Gasteiger partial charge >= 0.3 is 5.97 Å². The van der Waals surface area contributed by atoms with Crippen LogP contribution in [0.1, 0.15) is 68.6 Å². The highest BCUT2D eigenvalue weighted by Crippen LogP contribution is 2.27. The average Bonchev–Trinajstić information content (AvgIpc) is 2.67. The molecule has 0 saturated heterocycles. The van der Waals surface area contributed by atoms with E-state index in [0.29, 0.717) is 12.4 Å². The number of carboxylic acids is 1. The fourth-order valence-corrected chi connectivity index (χ4v) is 3.09. The molecule has 0 aliphatic rings. The molecule has 3 nitrogen and oxygen atoms in total. The van der Waals surface area contributed by atoms with Crippen LogP contribution in [0, 0.1) is 0 Å². The van der Waals surface area contributed by atoms with Crippen LogP contribution in [0.25, 0.3) is 11.1 Å². The molecule has 0 atom stereocenters. The van der Waals surface area contributed by atoms with Gasteiger partial charge in [-0.1, -0.05) is 82.2 Å². The molecule has 2 rings (SSSR count). The first kappa shape index (κ1) is 20.0. The number of ether oxygens (including phenoxy) is 1. The maximum atomic E-state index is 11.6. The molecule has 0 radical (unpaired) electrons. The molecule has 0 fully saturated rings. The predicted molar refractivity (Wildman–Crippen MR) is 107 cm³/mol. The summed E-state index contributed by atoms with van der Waals surface area (Å²) in [7, 11) is 0. The van der Waals surface area contributed by atoms with E-state index >= 15 is 0 Å². The molecule has 140 valence electrons. The lowest BCUT2D eigenvalue weighted by Gasteiger charge is -2.11. The van der Waals surface area contributed by atoms with E-state index in [2.05, 4.69) is 6.92 Å².